The Balaban J connectivity index is 1.28. The van der Waals surface area contributed by atoms with Crippen molar-refractivity contribution in [1.82, 2.24) is 19.4 Å². The van der Waals surface area contributed by atoms with Crippen molar-refractivity contribution in [2.24, 2.45) is 7.05 Å². The minimum Gasteiger partial charge on any atom is -0.361 e. The summed E-state index contributed by atoms with van der Waals surface area (Å²) in [5, 5.41) is 4.67. The van der Waals surface area contributed by atoms with Crippen LogP contribution < -0.4 is 16.4 Å². The summed E-state index contributed by atoms with van der Waals surface area (Å²) < 4.78 is 2.84. The van der Waals surface area contributed by atoms with Crippen molar-refractivity contribution in [2.45, 2.75) is 13.0 Å². The van der Waals surface area contributed by atoms with Gasteiger partial charge in [0.15, 0.2) is 0 Å². The lowest BCUT2D eigenvalue weighted by Gasteiger charge is -2.13. The fourth-order valence-corrected chi connectivity index (χ4v) is 4.50. The molecule has 0 unspecified atom stereocenters. The molecule has 0 fully saturated rings. The van der Waals surface area contributed by atoms with Crippen LogP contribution in [0.2, 0.25) is 5.02 Å². The highest BCUT2D eigenvalue weighted by Crippen LogP contribution is 2.22. The van der Waals surface area contributed by atoms with E-state index in [1.807, 2.05) is 48.7 Å². The monoisotopic (exact) mass is 486 g/mol. The second-order valence-electron chi connectivity index (χ2n) is 8.45. The molecule has 0 saturated heterocycles. The zero-order chi connectivity index (χ0) is 24.5. The van der Waals surface area contributed by atoms with Crippen LogP contribution in [-0.4, -0.2) is 26.6 Å². The van der Waals surface area contributed by atoms with E-state index in [1.165, 1.54) is 9.13 Å². The number of rotatable bonds is 6. The number of benzene rings is 3. The highest BCUT2D eigenvalue weighted by Gasteiger charge is 2.12. The topological polar surface area (TPSA) is 88.9 Å². The Kier molecular flexibility index (Phi) is 6.01. The van der Waals surface area contributed by atoms with Crippen LogP contribution in [0.3, 0.4) is 0 Å². The molecule has 2 aromatic heterocycles. The molecule has 0 atom stereocenters. The first kappa shape index (κ1) is 22.7. The number of nitrogens with zero attached hydrogens (tertiary/aromatic N) is 2. The maximum atomic E-state index is 12.7. The number of aromatic amines is 1. The van der Waals surface area contributed by atoms with Crippen molar-refractivity contribution in [3.63, 3.8) is 0 Å². The number of aromatic nitrogens is 3. The third kappa shape index (κ3) is 4.38. The fourth-order valence-electron chi connectivity index (χ4n) is 4.33. The molecule has 2 heterocycles. The number of halogens is 1. The molecule has 0 radical (unpaired) electrons. The van der Waals surface area contributed by atoms with Gasteiger partial charge in [0.25, 0.3) is 5.91 Å². The number of carbonyl (C=O) groups is 1. The first-order valence-electron chi connectivity index (χ1n) is 11.2. The van der Waals surface area contributed by atoms with E-state index in [2.05, 4.69) is 10.3 Å². The Bertz CT molecular complexity index is 1680. The molecule has 35 heavy (non-hydrogen) atoms. The Morgan fingerprint density at radius 2 is 1.71 bits per heavy atom. The van der Waals surface area contributed by atoms with Crippen LogP contribution in [0.5, 0.6) is 0 Å². The average Bonchev–Trinajstić information content (AvgIpc) is 3.27. The summed E-state index contributed by atoms with van der Waals surface area (Å²) in [5.41, 5.74) is 3.66. The molecule has 7 nitrogen and oxygen atoms in total. The molecular formula is C27H23ClN4O3. The molecule has 0 aliphatic heterocycles. The SMILES string of the molecule is Cn1c(=O)c(=O)n(Cc2ccc(C(=O)NCCc3c[nH]c4ccc(Cl)cc34)cc2)c2ccccc21. The van der Waals surface area contributed by atoms with Crippen LogP contribution in [0.4, 0.5) is 0 Å². The summed E-state index contributed by atoms with van der Waals surface area (Å²) in [4.78, 5) is 40.9. The van der Waals surface area contributed by atoms with Gasteiger partial charge in [-0.2, -0.15) is 0 Å². The Hall–Kier alpha value is -4.10. The molecule has 0 bridgehead atoms. The van der Waals surface area contributed by atoms with Gasteiger partial charge in [-0.3, -0.25) is 19.0 Å². The summed E-state index contributed by atoms with van der Waals surface area (Å²) in [6, 6.07) is 20.0. The zero-order valence-electron chi connectivity index (χ0n) is 19.0. The molecular weight excluding hydrogens is 464 g/mol. The summed E-state index contributed by atoms with van der Waals surface area (Å²) in [5.74, 6) is -0.175. The maximum absolute atomic E-state index is 12.7. The van der Waals surface area contributed by atoms with E-state index in [9.17, 15) is 14.4 Å². The Labute approximate surface area is 205 Å². The van der Waals surface area contributed by atoms with Gasteiger partial charge in [0.05, 0.1) is 17.6 Å². The number of hydrogen-bond acceptors (Lipinski definition) is 3. The van der Waals surface area contributed by atoms with E-state index in [4.69, 9.17) is 11.6 Å². The van der Waals surface area contributed by atoms with Gasteiger partial charge in [0.1, 0.15) is 0 Å². The molecule has 5 rings (SSSR count). The van der Waals surface area contributed by atoms with E-state index in [-0.39, 0.29) is 12.5 Å². The second kappa shape index (κ2) is 9.27. The van der Waals surface area contributed by atoms with Crippen LogP contribution in [0, 0.1) is 0 Å². The van der Waals surface area contributed by atoms with Crippen LogP contribution in [0.25, 0.3) is 21.9 Å². The molecule has 1 amide bonds. The van der Waals surface area contributed by atoms with Crippen LogP contribution in [-0.2, 0) is 20.0 Å². The van der Waals surface area contributed by atoms with Crippen LogP contribution in [0.1, 0.15) is 21.5 Å². The van der Waals surface area contributed by atoms with E-state index < -0.39 is 11.1 Å². The van der Waals surface area contributed by atoms with E-state index in [0.717, 1.165) is 22.0 Å². The molecule has 0 aliphatic rings. The molecule has 176 valence electrons. The van der Waals surface area contributed by atoms with Gasteiger partial charge >= 0.3 is 11.1 Å². The lowest BCUT2D eigenvalue weighted by atomic mass is 10.1. The van der Waals surface area contributed by atoms with Gasteiger partial charge in [-0.05, 0) is 60.0 Å². The number of amides is 1. The number of para-hydroxylation sites is 2. The minimum atomic E-state index is -0.577. The summed E-state index contributed by atoms with van der Waals surface area (Å²) in [6.45, 7) is 0.717. The zero-order valence-corrected chi connectivity index (χ0v) is 19.8. The predicted octanol–water partition coefficient (Wildman–Crippen LogP) is 3.86. The Morgan fingerprint density at radius 1 is 0.971 bits per heavy atom. The molecule has 8 heteroatoms. The molecule has 3 aromatic carbocycles. The highest BCUT2D eigenvalue weighted by molar-refractivity contribution is 6.31. The first-order valence-corrected chi connectivity index (χ1v) is 11.6. The number of nitrogens with one attached hydrogen (secondary N) is 2. The van der Waals surface area contributed by atoms with Gasteiger partial charge in [0, 0.05) is 41.3 Å². The summed E-state index contributed by atoms with van der Waals surface area (Å²) in [6.07, 6.45) is 2.60. The van der Waals surface area contributed by atoms with Gasteiger partial charge in [0.2, 0.25) is 0 Å². The average molecular weight is 487 g/mol. The van der Waals surface area contributed by atoms with Gasteiger partial charge in [-0.1, -0.05) is 35.9 Å². The van der Waals surface area contributed by atoms with E-state index in [1.54, 1.807) is 31.3 Å². The predicted molar refractivity (Wildman–Crippen MR) is 138 cm³/mol. The van der Waals surface area contributed by atoms with E-state index in [0.29, 0.717) is 34.6 Å². The molecule has 2 N–H and O–H groups in total. The van der Waals surface area contributed by atoms with Crippen molar-refractivity contribution in [2.75, 3.05) is 6.54 Å². The van der Waals surface area contributed by atoms with Crippen LogP contribution in [0.15, 0.2) is 82.5 Å². The number of hydrogen-bond donors (Lipinski definition) is 2. The van der Waals surface area contributed by atoms with Gasteiger partial charge in [-0.25, -0.2) is 0 Å². The van der Waals surface area contributed by atoms with Crippen molar-refractivity contribution in [3.05, 3.63) is 115 Å². The van der Waals surface area contributed by atoms with E-state index >= 15 is 0 Å². The lowest BCUT2D eigenvalue weighted by molar-refractivity contribution is 0.0954. The molecule has 5 aromatic rings. The number of fused-ring (bicyclic) bond motifs is 2. The lowest BCUT2D eigenvalue weighted by Crippen LogP contribution is -2.40. The second-order valence-corrected chi connectivity index (χ2v) is 8.89. The quantitative estimate of drug-likeness (QED) is 0.357. The maximum Gasteiger partial charge on any atom is 0.317 e. The van der Waals surface area contributed by atoms with Crippen molar-refractivity contribution in [1.29, 1.82) is 0 Å². The molecule has 0 aliphatic carbocycles. The van der Waals surface area contributed by atoms with Crippen molar-refractivity contribution >= 4 is 39.4 Å². The number of aryl methyl sites for hydroxylation is 1. The van der Waals surface area contributed by atoms with Gasteiger partial charge < -0.3 is 14.9 Å². The third-order valence-corrected chi connectivity index (χ3v) is 6.47. The number of carbonyl (C=O) groups excluding carboxylic acids is 1. The Morgan fingerprint density at radius 3 is 2.49 bits per heavy atom. The first-order chi connectivity index (χ1) is 16.9. The third-order valence-electron chi connectivity index (χ3n) is 6.23. The standard InChI is InChI=1S/C27H23ClN4O3/c1-31-23-4-2-3-5-24(23)32(27(35)26(31)34)16-17-6-8-18(9-7-17)25(33)29-13-12-19-15-30-22-11-10-20(28)14-21(19)22/h2-11,14-15,30H,12-13,16H2,1H3,(H,29,33). The summed E-state index contributed by atoms with van der Waals surface area (Å²) >= 11 is 6.11. The van der Waals surface area contributed by atoms with Crippen LogP contribution >= 0.6 is 11.6 Å². The minimum absolute atomic E-state index is 0.175. The molecule has 0 spiro atoms. The number of H-pyrrole nitrogens is 1. The largest absolute Gasteiger partial charge is 0.361 e. The molecule has 0 saturated carbocycles. The normalized spacial score (nSPS) is 11.3. The van der Waals surface area contributed by atoms with Crippen molar-refractivity contribution < 1.29 is 4.79 Å². The smallest absolute Gasteiger partial charge is 0.317 e. The highest BCUT2D eigenvalue weighted by atomic mass is 35.5. The summed E-state index contributed by atoms with van der Waals surface area (Å²) in [7, 11) is 1.59. The fraction of sp³-hybridized carbons (Fsp3) is 0.148. The van der Waals surface area contributed by atoms with Crippen molar-refractivity contribution in [3.8, 4) is 0 Å². The van der Waals surface area contributed by atoms with Gasteiger partial charge in [-0.15, -0.1) is 0 Å².